The topological polar surface area (TPSA) is 17.1 Å². The molecule has 0 aliphatic heterocycles. The zero-order valence-corrected chi connectivity index (χ0v) is 8.88. The summed E-state index contributed by atoms with van der Waals surface area (Å²) < 4.78 is 0.310. The molecule has 0 spiro atoms. The molecule has 0 radical (unpaired) electrons. The number of carbonyl (C=O) groups excluding carboxylic acids is 1. The molecule has 1 fully saturated rings. The SMILES string of the molecule is CCC1(SC(C)=O)CCCCC1. The highest BCUT2D eigenvalue weighted by atomic mass is 32.2. The molecule has 0 atom stereocenters. The molecule has 1 aliphatic carbocycles. The standard InChI is InChI=1S/C10H18OS/c1-3-10(12-9(2)11)7-5-4-6-8-10/h3-8H2,1-2H3. The van der Waals surface area contributed by atoms with Gasteiger partial charge >= 0.3 is 0 Å². The van der Waals surface area contributed by atoms with Gasteiger partial charge in [0.25, 0.3) is 0 Å². The van der Waals surface area contributed by atoms with Crippen LogP contribution in [0.2, 0.25) is 0 Å². The molecule has 0 bridgehead atoms. The Bertz CT molecular complexity index is 159. The van der Waals surface area contributed by atoms with Crippen molar-refractivity contribution in [2.45, 2.75) is 57.1 Å². The lowest BCUT2D eigenvalue weighted by molar-refractivity contribution is -0.109. The van der Waals surface area contributed by atoms with Crippen LogP contribution in [0, 0.1) is 0 Å². The Kier molecular flexibility index (Phi) is 3.63. The summed E-state index contributed by atoms with van der Waals surface area (Å²) in [6.07, 6.45) is 7.63. The molecule has 12 heavy (non-hydrogen) atoms. The van der Waals surface area contributed by atoms with Crippen LogP contribution in [0.25, 0.3) is 0 Å². The molecule has 2 heteroatoms. The van der Waals surface area contributed by atoms with Gasteiger partial charge in [-0.15, -0.1) is 0 Å². The van der Waals surface area contributed by atoms with E-state index in [1.54, 1.807) is 18.7 Å². The first-order chi connectivity index (χ1) is 5.68. The molecule has 0 heterocycles. The van der Waals surface area contributed by atoms with Gasteiger partial charge in [0.05, 0.1) is 0 Å². The van der Waals surface area contributed by atoms with E-state index < -0.39 is 0 Å². The van der Waals surface area contributed by atoms with Gasteiger partial charge in [0, 0.05) is 11.7 Å². The zero-order chi connectivity index (χ0) is 9.03. The van der Waals surface area contributed by atoms with Gasteiger partial charge in [0.2, 0.25) is 0 Å². The van der Waals surface area contributed by atoms with Crippen molar-refractivity contribution in [1.29, 1.82) is 0 Å². The predicted octanol–water partition coefficient (Wildman–Crippen LogP) is 3.38. The molecule has 1 aliphatic rings. The lowest BCUT2D eigenvalue weighted by Gasteiger charge is -2.34. The highest BCUT2D eigenvalue weighted by Gasteiger charge is 2.31. The average molecular weight is 186 g/mol. The van der Waals surface area contributed by atoms with E-state index >= 15 is 0 Å². The summed E-state index contributed by atoms with van der Waals surface area (Å²) in [5.74, 6) is 0. The fraction of sp³-hybridized carbons (Fsp3) is 0.900. The third kappa shape index (κ3) is 2.51. The lowest BCUT2D eigenvalue weighted by atomic mass is 9.86. The Hall–Kier alpha value is 0.0200. The molecule has 1 nitrogen and oxygen atoms in total. The summed E-state index contributed by atoms with van der Waals surface area (Å²) in [7, 11) is 0. The van der Waals surface area contributed by atoms with E-state index in [1.807, 2.05) is 0 Å². The van der Waals surface area contributed by atoms with Crippen LogP contribution in [0.1, 0.15) is 52.4 Å². The molecule has 0 aromatic carbocycles. The molecule has 0 amide bonds. The monoisotopic (exact) mass is 186 g/mol. The molecule has 1 saturated carbocycles. The molecule has 70 valence electrons. The lowest BCUT2D eigenvalue weighted by Crippen LogP contribution is -2.28. The van der Waals surface area contributed by atoms with Crippen LogP contribution in [-0.2, 0) is 4.79 Å². The molecular weight excluding hydrogens is 168 g/mol. The number of hydrogen-bond donors (Lipinski definition) is 0. The van der Waals surface area contributed by atoms with Crippen LogP contribution in [0.3, 0.4) is 0 Å². The van der Waals surface area contributed by atoms with Gasteiger partial charge in [-0.05, 0) is 19.3 Å². The predicted molar refractivity (Wildman–Crippen MR) is 54.4 cm³/mol. The summed E-state index contributed by atoms with van der Waals surface area (Å²) in [5.41, 5.74) is 0. The van der Waals surface area contributed by atoms with Gasteiger partial charge in [-0.2, -0.15) is 0 Å². The molecule has 0 aromatic heterocycles. The van der Waals surface area contributed by atoms with Crippen LogP contribution in [0.4, 0.5) is 0 Å². The van der Waals surface area contributed by atoms with Crippen molar-refractivity contribution in [3.05, 3.63) is 0 Å². The smallest absolute Gasteiger partial charge is 0.186 e. The van der Waals surface area contributed by atoms with Crippen molar-refractivity contribution < 1.29 is 4.79 Å². The Morgan fingerprint density at radius 3 is 2.33 bits per heavy atom. The van der Waals surface area contributed by atoms with Crippen LogP contribution < -0.4 is 0 Å². The highest BCUT2D eigenvalue weighted by Crippen LogP contribution is 2.42. The third-order valence-corrected chi connectivity index (χ3v) is 4.19. The molecule has 0 N–H and O–H groups in total. The maximum Gasteiger partial charge on any atom is 0.186 e. The first kappa shape index (κ1) is 10.1. The van der Waals surface area contributed by atoms with Gasteiger partial charge in [0.1, 0.15) is 0 Å². The van der Waals surface area contributed by atoms with Gasteiger partial charge < -0.3 is 0 Å². The molecule has 0 saturated heterocycles. The highest BCUT2D eigenvalue weighted by molar-refractivity contribution is 8.14. The van der Waals surface area contributed by atoms with Gasteiger partial charge in [-0.1, -0.05) is 37.9 Å². The van der Waals surface area contributed by atoms with Gasteiger partial charge in [0.15, 0.2) is 5.12 Å². The number of carbonyl (C=O) groups is 1. The quantitative estimate of drug-likeness (QED) is 0.657. The molecule has 0 aromatic rings. The minimum atomic E-state index is 0.291. The summed E-state index contributed by atoms with van der Waals surface area (Å²) >= 11 is 1.58. The van der Waals surface area contributed by atoms with Crippen molar-refractivity contribution in [2.75, 3.05) is 0 Å². The van der Waals surface area contributed by atoms with E-state index in [0.29, 0.717) is 9.86 Å². The zero-order valence-electron chi connectivity index (χ0n) is 8.06. The van der Waals surface area contributed by atoms with E-state index in [9.17, 15) is 4.79 Å². The fourth-order valence-electron chi connectivity index (χ4n) is 2.03. The molecular formula is C10H18OS. The largest absolute Gasteiger partial charge is 0.288 e. The van der Waals surface area contributed by atoms with E-state index in [2.05, 4.69) is 6.92 Å². The second kappa shape index (κ2) is 4.31. The van der Waals surface area contributed by atoms with Gasteiger partial charge in [-0.25, -0.2) is 0 Å². The van der Waals surface area contributed by atoms with Crippen LogP contribution in [-0.4, -0.2) is 9.86 Å². The average Bonchev–Trinajstić information content (AvgIpc) is 2.05. The summed E-state index contributed by atoms with van der Waals surface area (Å²) in [6.45, 7) is 3.90. The maximum atomic E-state index is 11.0. The molecule has 1 rings (SSSR count). The van der Waals surface area contributed by atoms with Gasteiger partial charge in [-0.3, -0.25) is 4.79 Å². The van der Waals surface area contributed by atoms with Crippen LogP contribution >= 0.6 is 11.8 Å². The van der Waals surface area contributed by atoms with E-state index in [0.717, 1.165) is 6.42 Å². The van der Waals surface area contributed by atoms with Crippen LogP contribution in [0.15, 0.2) is 0 Å². The second-order valence-electron chi connectivity index (χ2n) is 3.69. The van der Waals surface area contributed by atoms with Crippen molar-refractivity contribution in [2.24, 2.45) is 0 Å². The van der Waals surface area contributed by atoms with Crippen molar-refractivity contribution >= 4 is 16.9 Å². The first-order valence-electron chi connectivity index (χ1n) is 4.88. The minimum Gasteiger partial charge on any atom is -0.288 e. The second-order valence-corrected chi connectivity index (χ2v) is 5.34. The van der Waals surface area contributed by atoms with Crippen molar-refractivity contribution in [3.63, 3.8) is 0 Å². The van der Waals surface area contributed by atoms with Crippen molar-refractivity contribution in [3.8, 4) is 0 Å². The van der Waals surface area contributed by atoms with E-state index in [-0.39, 0.29) is 0 Å². The summed E-state index contributed by atoms with van der Waals surface area (Å²) in [6, 6.07) is 0. The number of thioether (sulfide) groups is 1. The van der Waals surface area contributed by atoms with Crippen molar-refractivity contribution in [1.82, 2.24) is 0 Å². The maximum absolute atomic E-state index is 11.0. The Labute approximate surface area is 79.3 Å². The fourth-order valence-corrected chi connectivity index (χ4v) is 3.28. The Morgan fingerprint density at radius 1 is 1.33 bits per heavy atom. The molecule has 0 unspecified atom stereocenters. The van der Waals surface area contributed by atoms with E-state index in [1.165, 1.54) is 32.1 Å². The number of rotatable bonds is 2. The normalized spacial score (nSPS) is 22.2. The van der Waals surface area contributed by atoms with E-state index in [4.69, 9.17) is 0 Å². The minimum absolute atomic E-state index is 0.291. The number of hydrogen-bond acceptors (Lipinski definition) is 2. The summed E-state index contributed by atoms with van der Waals surface area (Å²) in [4.78, 5) is 11.0. The first-order valence-corrected chi connectivity index (χ1v) is 5.70. The third-order valence-electron chi connectivity index (χ3n) is 2.77. The van der Waals surface area contributed by atoms with Crippen LogP contribution in [0.5, 0.6) is 0 Å². The summed E-state index contributed by atoms with van der Waals surface area (Å²) in [5, 5.41) is 0.291. The Morgan fingerprint density at radius 2 is 1.92 bits per heavy atom. The Balaban J connectivity index is 2.53.